The molecule has 0 saturated carbocycles. The Bertz CT molecular complexity index is 1710. The number of hydrogen-bond acceptors (Lipinski definition) is 7. The van der Waals surface area contributed by atoms with E-state index in [-0.39, 0.29) is 5.56 Å². The second-order valence-electron chi connectivity index (χ2n) is 10.4. The third kappa shape index (κ3) is 5.68. The van der Waals surface area contributed by atoms with E-state index in [2.05, 4.69) is 55.4 Å². The fourth-order valence-corrected chi connectivity index (χ4v) is 5.79. The van der Waals surface area contributed by atoms with Gasteiger partial charge in [-0.3, -0.25) is 9.69 Å². The Kier molecular flexibility index (Phi) is 7.71. The number of aromatic nitrogens is 5. The number of nitrogens with zero attached hydrogens (tertiary/aromatic N) is 6. The molecule has 0 spiro atoms. The lowest BCUT2D eigenvalue weighted by molar-refractivity contribution is 0.199. The maximum absolute atomic E-state index is 13.6. The monoisotopic (exact) mass is 569 g/mol. The number of anilines is 1. The summed E-state index contributed by atoms with van der Waals surface area (Å²) in [4.78, 5) is 21.3. The number of tetrazole rings is 1. The van der Waals surface area contributed by atoms with Crippen LogP contribution in [0.25, 0.3) is 10.9 Å². The minimum absolute atomic E-state index is 0.154. The van der Waals surface area contributed by atoms with E-state index < -0.39 is 6.04 Å². The molecule has 1 N–H and O–H groups in total. The van der Waals surface area contributed by atoms with Crippen molar-refractivity contribution in [3.8, 4) is 5.75 Å². The first kappa shape index (κ1) is 27.0. The highest BCUT2D eigenvalue weighted by atomic mass is 35.5. The zero-order valence-corrected chi connectivity index (χ0v) is 23.9. The molecule has 0 bridgehead atoms. The van der Waals surface area contributed by atoms with Crippen molar-refractivity contribution in [2.24, 2.45) is 0 Å². The molecule has 0 unspecified atom stereocenters. The standard InChI is InChI=1S/C31H32ClN7O2/c1-21-8-9-24(32)20-28(21)37-14-16-38(17-15-37)29(26-19-23-18-25(41-2)10-11-27(23)33-31(26)40)30-34-35-36-39(30)13-12-22-6-4-3-5-7-22/h3-11,18-20,29H,12-17H2,1-2H3,(H,33,40)/t29-/m1/s1. The average molecular weight is 570 g/mol. The number of methoxy groups -OCH3 is 1. The summed E-state index contributed by atoms with van der Waals surface area (Å²) in [6, 6.07) is 23.4. The average Bonchev–Trinajstić information content (AvgIpc) is 3.46. The van der Waals surface area contributed by atoms with Crippen molar-refractivity contribution in [2.75, 3.05) is 38.2 Å². The fourth-order valence-electron chi connectivity index (χ4n) is 5.62. The summed E-state index contributed by atoms with van der Waals surface area (Å²) in [5, 5.41) is 14.5. The van der Waals surface area contributed by atoms with Gasteiger partial charge in [-0.15, -0.1) is 5.10 Å². The van der Waals surface area contributed by atoms with Crippen molar-refractivity contribution >= 4 is 28.2 Å². The van der Waals surface area contributed by atoms with E-state index in [1.165, 1.54) is 11.1 Å². The number of fused-ring (bicyclic) bond motifs is 1. The van der Waals surface area contributed by atoms with Gasteiger partial charge < -0.3 is 14.6 Å². The van der Waals surface area contributed by atoms with Gasteiger partial charge in [0.1, 0.15) is 11.8 Å². The van der Waals surface area contributed by atoms with Crippen molar-refractivity contribution in [2.45, 2.75) is 25.9 Å². The predicted molar refractivity (Wildman–Crippen MR) is 161 cm³/mol. The minimum Gasteiger partial charge on any atom is -0.497 e. The van der Waals surface area contributed by atoms with Gasteiger partial charge in [0.25, 0.3) is 5.56 Å². The second-order valence-corrected chi connectivity index (χ2v) is 10.8. The molecule has 1 atom stereocenters. The highest BCUT2D eigenvalue weighted by Crippen LogP contribution is 2.31. The van der Waals surface area contributed by atoms with Gasteiger partial charge in [0.05, 0.1) is 7.11 Å². The Hall–Kier alpha value is -4.21. The SMILES string of the molecule is COc1ccc2[nH]c(=O)c([C@H](c3nnnn3CCc3ccccc3)N3CCN(c4cc(Cl)ccc4C)CC3)cc2c1. The van der Waals surface area contributed by atoms with Crippen molar-refractivity contribution in [3.05, 3.63) is 111 Å². The van der Waals surface area contributed by atoms with Crippen molar-refractivity contribution in [3.63, 3.8) is 0 Å². The van der Waals surface area contributed by atoms with E-state index in [0.717, 1.165) is 60.0 Å². The number of H-pyrrole nitrogens is 1. The van der Waals surface area contributed by atoms with Crippen LogP contribution in [0.5, 0.6) is 5.75 Å². The van der Waals surface area contributed by atoms with Crippen LogP contribution in [-0.4, -0.2) is 63.4 Å². The molecule has 10 heteroatoms. The maximum Gasteiger partial charge on any atom is 0.253 e. The number of halogens is 1. The van der Waals surface area contributed by atoms with Crippen LogP contribution in [0.4, 0.5) is 5.69 Å². The molecule has 0 aliphatic carbocycles. The zero-order valence-electron chi connectivity index (χ0n) is 23.1. The summed E-state index contributed by atoms with van der Waals surface area (Å²) in [5.41, 5.74) is 4.73. The lowest BCUT2D eigenvalue weighted by atomic mass is 10.0. The molecule has 0 amide bonds. The Morgan fingerprint density at radius 3 is 2.59 bits per heavy atom. The third-order valence-electron chi connectivity index (χ3n) is 7.83. The third-order valence-corrected chi connectivity index (χ3v) is 8.06. The van der Waals surface area contributed by atoms with Gasteiger partial charge in [-0.25, -0.2) is 4.68 Å². The minimum atomic E-state index is -0.428. The number of benzene rings is 3. The lowest BCUT2D eigenvalue weighted by Crippen LogP contribution is -2.49. The molecule has 3 heterocycles. The van der Waals surface area contributed by atoms with Crippen LogP contribution in [0.15, 0.2) is 77.6 Å². The normalized spacial score (nSPS) is 14.9. The number of aryl methyl sites for hydroxylation is 3. The molecule has 3 aromatic carbocycles. The molecule has 1 aliphatic heterocycles. The van der Waals surface area contributed by atoms with Crippen molar-refractivity contribution in [1.29, 1.82) is 0 Å². The quantitative estimate of drug-likeness (QED) is 0.291. The molecule has 9 nitrogen and oxygen atoms in total. The molecular weight excluding hydrogens is 538 g/mol. The second kappa shape index (κ2) is 11.7. The molecule has 5 aromatic rings. The van der Waals surface area contributed by atoms with Gasteiger partial charge in [-0.1, -0.05) is 48.0 Å². The van der Waals surface area contributed by atoms with E-state index in [1.54, 1.807) is 7.11 Å². The number of nitrogens with one attached hydrogen (secondary N) is 1. The largest absolute Gasteiger partial charge is 0.497 e. The maximum atomic E-state index is 13.6. The smallest absolute Gasteiger partial charge is 0.253 e. The summed E-state index contributed by atoms with van der Waals surface area (Å²) < 4.78 is 7.29. The molecule has 1 fully saturated rings. The van der Waals surface area contributed by atoms with Crippen LogP contribution in [0.1, 0.15) is 28.6 Å². The van der Waals surface area contributed by atoms with Crippen LogP contribution in [-0.2, 0) is 13.0 Å². The fraction of sp³-hybridized carbons (Fsp3) is 0.290. The predicted octanol–water partition coefficient (Wildman–Crippen LogP) is 4.64. The highest BCUT2D eigenvalue weighted by molar-refractivity contribution is 6.30. The van der Waals surface area contributed by atoms with E-state index in [4.69, 9.17) is 16.3 Å². The molecule has 210 valence electrons. The molecule has 6 rings (SSSR count). The highest BCUT2D eigenvalue weighted by Gasteiger charge is 2.33. The summed E-state index contributed by atoms with van der Waals surface area (Å²) >= 11 is 6.33. The number of hydrogen-bond donors (Lipinski definition) is 1. The zero-order chi connectivity index (χ0) is 28.3. The van der Waals surface area contributed by atoms with Crippen LogP contribution < -0.4 is 15.2 Å². The summed E-state index contributed by atoms with van der Waals surface area (Å²) in [7, 11) is 1.64. The number of pyridine rings is 1. The van der Waals surface area contributed by atoms with Gasteiger partial charge in [0.2, 0.25) is 0 Å². The number of piperazine rings is 1. The van der Waals surface area contributed by atoms with Crippen LogP contribution in [0.2, 0.25) is 5.02 Å². The van der Waals surface area contributed by atoms with Gasteiger partial charge in [0.15, 0.2) is 5.82 Å². The van der Waals surface area contributed by atoms with Gasteiger partial charge in [0, 0.05) is 59.9 Å². The first-order valence-electron chi connectivity index (χ1n) is 13.8. The molecule has 0 radical (unpaired) electrons. The van der Waals surface area contributed by atoms with Gasteiger partial charge in [-0.05, 0) is 71.3 Å². The number of rotatable bonds is 8. The number of aromatic amines is 1. The Balaban J connectivity index is 1.36. The van der Waals surface area contributed by atoms with Crippen molar-refractivity contribution in [1.82, 2.24) is 30.1 Å². The van der Waals surface area contributed by atoms with Crippen molar-refractivity contribution < 1.29 is 4.74 Å². The van der Waals surface area contributed by atoms with E-state index in [0.29, 0.717) is 17.9 Å². The van der Waals surface area contributed by atoms with E-state index in [1.807, 2.05) is 59.3 Å². The summed E-state index contributed by atoms with van der Waals surface area (Å²) in [5.74, 6) is 1.38. The van der Waals surface area contributed by atoms with Gasteiger partial charge in [-0.2, -0.15) is 0 Å². The first-order valence-corrected chi connectivity index (χ1v) is 14.1. The lowest BCUT2D eigenvalue weighted by Gasteiger charge is -2.40. The number of ether oxygens (including phenoxy) is 1. The van der Waals surface area contributed by atoms with Crippen LogP contribution in [0, 0.1) is 6.92 Å². The summed E-state index contributed by atoms with van der Waals surface area (Å²) in [6.45, 7) is 5.70. The Morgan fingerprint density at radius 2 is 1.80 bits per heavy atom. The molecule has 41 heavy (non-hydrogen) atoms. The van der Waals surface area contributed by atoms with Gasteiger partial charge >= 0.3 is 0 Å². The molecular formula is C31H32ClN7O2. The van der Waals surface area contributed by atoms with Crippen LogP contribution in [0.3, 0.4) is 0 Å². The topological polar surface area (TPSA) is 92.2 Å². The summed E-state index contributed by atoms with van der Waals surface area (Å²) in [6.07, 6.45) is 0.776. The van der Waals surface area contributed by atoms with E-state index in [9.17, 15) is 4.79 Å². The molecule has 1 saturated heterocycles. The van der Waals surface area contributed by atoms with E-state index >= 15 is 0 Å². The van der Waals surface area contributed by atoms with Crippen LogP contribution >= 0.6 is 11.6 Å². The Morgan fingerprint density at radius 1 is 1.00 bits per heavy atom. The molecule has 2 aromatic heterocycles. The Labute approximate surface area is 243 Å². The first-order chi connectivity index (χ1) is 20.0. The molecule has 1 aliphatic rings.